The van der Waals surface area contributed by atoms with E-state index in [4.69, 9.17) is 9.47 Å². The van der Waals surface area contributed by atoms with Crippen molar-refractivity contribution >= 4 is 11.9 Å². The van der Waals surface area contributed by atoms with Gasteiger partial charge in [0.15, 0.2) is 0 Å². The van der Waals surface area contributed by atoms with Gasteiger partial charge in [-0.3, -0.25) is 0 Å². The van der Waals surface area contributed by atoms with Gasteiger partial charge < -0.3 is 9.47 Å². The molecular weight excluding hydrogens is 388 g/mol. The first-order valence-electron chi connectivity index (χ1n) is 10.9. The Kier molecular flexibility index (Phi) is 7.45. The van der Waals surface area contributed by atoms with Gasteiger partial charge in [0, 0.05) is 17.6 Å². The van der Waals surface area contributed by atoms with Gasteiger partial charge in [-0.15, -0.1) is 0 Å². The lowest BCUT2D eigenvalue weighted by Gasteiger charge is -2.41. The zero-order chi connectivity index (χ0) is 22.3. The van der Waals surface area contributed by atoms with Gasteiger partial charge >= 0.3 is 11.9 Å². The number of hydrogen-bond donors (Lipinski definition) is 0. The second-order valence-electron chi connectivity index (χ2n) is 8.11. The Hall–Kier alpha value is -3.14. The average Bonchev–Trinajstić information content (AvgIpc) is 2.81. The summed E-state index contributed by atoms with van der Waals surface area (Å²) in [6.07, 6.45) is 9.25. The molecule has 2 aromatic rings. The highest BCUT2D eigenvalue weighted by Crippen LogP contribution is 2.48. The van der Waals surface area contributed by atoms with Crippen LogP contribution < -0.4 is 9.47 Å². The van der Waals surface area contributed by atoms with Gasteiger partial charge in [-0.25, -0.2) is 9.59 Å². The minimum Gasteiger partial charge on any atom is -0.423 e. The van der Waals surface area contributed by atoms with Crippen molar-refractivity contribution in [1.29, 1.82) is 0 Å². The van der Waals surface area contributed by atoms with Crippen LogP contribution in [0.4, 0.5) is 0 Å². The Morgan fingerprint density at radius 3 is 1.65 bits per heavy atom. The minimum atomic E-state index is -0.466. The second-order valence-corrected chi connectivity index (χ2v) is 8.11. The predicted molar refractivity (Wildman–Crippen MR) is 122 cm³/mol. The SMILES string of the molecule is C=CC(=O)Oc1ccc(C2(c3ccc(OC(=O)C=C)cc3)CCC(CCC)CC2)cc1. The van der Waals surface area contributed by atoms with E-state index >= 15 is 0 Å². The third-order valence-electron chi connectivity index (χ3n) is 6.24. The van der Waals surface area contributed by atoms with Crippen LogP contribution in [0.5, 0.6) is 11.5 Å². The molecule has 0 spiro atoms. The number of hydrogen-bond acceptors (Lipinski definition) is 4. The van der Waals surface area contributed by atoms with Crippen molar-refractivity contribution in [3.8, 4) is 11.5 Å². The lowest BCUT2D eigenvalue weighted by molar-refractivity contribution is -0.129. The molecule has 1 fully saturated rings. The van der Waals surface area contributed by atoms with Crippen molar-refractivity contribution in [2.75, 3.05) is 0 Å². The highest BCUT2D eigenvalue weighted by molar-refractivity contribution is 5.83. The molecule has 0 heterocycles. The quantitative estimate of drug-likeness (QED) is 0.293. The Bertz CT molecular complexity index is 849. The van der Waals surface area contributed by atoms with E-state index in [0.717, 1.165) is 30.9 Å². The maximum Gasteiger partial charge on any atom is 0.335 e. The summed E-state index contributed by atoms with van der Waals surface area (Å²) in [4.78, 5) is 23.0. The Morgan fingerprint density at radius 1 is 0.871 bits per heavy atom. The van der Waals surface area contributed by atoms with E-state index < -0.39 is 11.9 Å². The molecule has 4 heteroatoms. The molecule has 4 nitrogen and oxygen atoms in total. The molecule has 0 bridgehead atoms. The highest BCUT2D eigenvalue weighted by atomic mass is 16.5. The topological polar surface area (TPSA) is 52.6 Å². The van der Waals surface area contributed by atoms with Crippen LogP contribution in [-0.4, -0.2) is 11.9 Å². The molecule has 0 N–H and O–H groups in total. The zero-order valence-corrected chi connectivity index (χ0v) is 18.1. The van der Waals surface area contributed by atoms with Gasteiger partial charge in [0.1, 0.15) is 11.5 Å². The fourth-order valence-corrected chi connectivity index (χ4v) is 4.61. The molecule has 31 heavy (non-hydrogen) atoms. The fourth-order valence-electron chi connectivity index (χ4n) is 4.61. The summed E-state index contributed by atoms with van der Waals surface area (Å²) in [5.74, 6) is 0.850. The Balaban J connectivity index is 1.91. The van der Waals surface area contributed by atoms with E-state index in [9.17, 15) is 9.59 Å². The Labute approximate surface area is 184 Å². The van der Waals surface area contributed by atoms with E-state index in [-0.39, 0.29) is 5.41 Å². The molecule has 0 radical (unpaired) electrons. The van der Waals surface area contributed by atoms with Crippen molar-refractivity contribution in [3.63, 3.8) is 0 Å². The smallest absolute Gasteiger partial charge is 0.335 e. The Morgan fingerprint density at radius 2 is 1.29 bits per heavy atom. The van der Waals surface area contributed by atoms with Crippen LogP contribution in [0.15, 0.2) is 73.8 Å². The highest BCUT2D eigenvalue weighted by Gasteiger charge is 2.38. The van der Waals surface area contributed by atoms with Crippen LogP contribution >= 0.6 is 0 Å². The number of benzene rings is 2. The minimum absolute atomic E-state index is 0.119. The van der Waals surface area contributed by atoms with Crippen LogP contribution in [0.25, 0.3) is 0 Å². The summed E-state index contributed by atoms with van der Waals surface area (Å²) in [5.41, 5.74) is 2.29. The predicted octanol–water partition coefficient (Wildman–Crippen LogP) is 6.15. The van der Waals surface area contributed by atoms with Crippen molar-refractivity contribution in [3.05, 3.63) is 85.0 Å². The second kappa shape index (κ2) is 10.3. The number of esters is 2. The summed E-state index contributed by atoms with van der Waals surface area (Å²) in [6, 6.07) is 15.6. The van der Waals surface area contributed by atoms with Crippen LogP contribution in [0, 0.1) is 5.92 Å². The van der Waals surface area contributed by atoms with Gasteiger partial charge in [0.05, 0.1) is 0 Å². The van der Waals surface area contributed by atoms with Gasteiger partial charge in [-0.05, 0) is 67.0 Å². The van der Waals surface area contributed by atoms with Crippen LogP contribution in [0.1, 0.15) is 56.6 Å². The normalized spacial score (nSPS) is 15.6. The first-order chi connectivity index (χ1) is 15.0. The van der Waals surface area contributed by atoms with Gasteiger partial charge in [-0.2, -0.15) is 0 Å². The number of carbonyl (C=O) groups excluding carboxylic acids is 2. The lowest BCUT2D eigenvalue weighted by Crippen LogP contribution is -2.33. The van der Waals surface area contributed by atoms with Crippen molar-refractivity contribution in [2.45, 2.75) is 50.9 Å². The van der Waals surface area contributed by atoms with E-state index in [0.29, 0.717) is 11.5 Å². The molecule has 1 aliphatic carbocycles. The van der Waals surface area contributed by atoms with Crippen molar-refractivity contribution in [2.24, 2.45) is 5.92 Å². The summed E-state index contributed by atoms with van der Waals surface area (Å²) in [7, 11) is 0. The first kappa shape index (κ1) is 22.5. The third-order valence-corrected chi connectivity index (χ3v) is 6.24. The zero-order valence-electron chi connectivity index (χ0n) is 18.1. The van der Waals surface area contributed by atoms with Crippen LogP contribution in [0.2, 0.25) is 0 Å². The molecule has 0 unspecified atom stereocenters. The molecule has 1 saturated carbocycles. The van der Waals surface area contributed by atoms with Crippen LogP contribution in [-0.2, 0) is 15.0 Å². The van der Waals surface area contributed by atoms with E-state index in [1.54, 1.807) is 0 Å². The third kappa shape index (κ3) is 5.32. The van der Waals surface area contributed by atoms with Gasteiger partial charge in [0.2, 0.25) is 0 Å². The molecule has 0 atom stereocenters. The summed E-state index contributed by atoms with van der Waals surface area (Å²) >= 11 is 0. The lowest BCUT2D eigenvalue weighted by atomic mass is 9.62. The largest absolute Gasteiger partial charge is 0.423 e. The van der Waals surface area contributed by atoms with Gasteiger partial charge in [-0.1, -0.05) is 57.2 Å². The number of rotatable bonds is 8. The summed E-state index contributed by atoms with van der Waals surface area (Å²) < 4.78 is 10.5. The molecule has 162 valence electrons. The average molecular weight is 419 g/mol. The molecule has 3 rings (SSSR count). The molecule has 0 amide bonds. The van der Waals surface area contributed by atoms with E-state index in [2.05, 4.69) is 44.3 Å². The molecular formula is C27H30O4. The standard InChI is InChI=1S/C27H30O4/c1-4-7-20-16-18-27(19-17-20,21-8-12-23(13-9-21)30-25(28)5-2)22-10-14-24(15-11-22)31-26(29)6-3/h5-6,8-15,20H,2-4,7,16-19H2,1H3. The molecule has 2 aromatic carbocycles. The van der Waals surface area contributed by atoms with E-state index in [1.807, 2.05) is 24.3 Å². The van der Waals surface area contributed by atoms with Crippen LogP contribution in [0.3, 0.4) is 0 Å². The molecule has 0 saturated heterocycles. The van der Waals surface area contributed by atoms with Crippen molar-refractivity contribution < 1.29 is 19.1 Å². The van der Waals surface area contributed by atoms with Crippen molar-refractivity contribution in [1.82, 2.24) is 0 Å². The fraction of sp³-hybridized carbons (Fsp3) is 0.333. The first-order valence-corrected chi connectivity index (χ1v) is 10.9. The molecule has 1 aliphatic rings. The monoisotopic (exact) mass is 418 g/mol. The number of carbonyl (C=O) groups is 2. The number of ether oxygens (including phenoxy) is 2. The summed E-state index contributed by atoms with van der Waals surface area (Å²) in [6.45, 7) is 9.12. The summed E-state index contributed by atoms with van der Waals surface area (Å²) in [5, 5.41) is 0. The molecule has 0 aliphatic heterocycles. The van der Waals surface area contributed by atoms with E-state index in [1.165, 1.54) is 36.8 Å². The maximum atomic E-state index is 11.5. The molecule has 0 aromatic heterocycles. The van der Waals surface area contributed by atoms with Gasteiger partial charge in [0.25, 0.3) is 0 Å². The maximum absolute atomic E-state index is 11.5.